The minimum atomic E-state index is -0.163. The number of hydrogen-bond acceptors (Lipinski definition) is 3. The fourth-order valence-corrected chi connectivity index (χ4v) is 3.62. The zero-order chi connectivity index (χ0) is 11.4. The van der Waals surface area contributed by atoms with Gasteiger partial charge < -0.3 is 10.6 Å². The summed E-state index contributed by atoms with van der Waals surface area (Å²) in [5.74, 6) is 3.48. The molecule has 1 atom stereocenters. The van der Waals surface area contributed by atoms with Gasteiger partial charge in [-0.05, 0) is 50.2 Å². The first-order valence-electron chi connectivity index (χ1n) is 6.27. The number of carbonyl (C=O) groups excluding carboxylic acids is 1. The molecule has 4 heteroatoms. The average molecular weight is 242 g/mol. The maximum absolute atomic E-state index is 12.1. The number of rotatable bonds is 3. The Balaban J connectivity index is 1.74. The normalized spacial score (nSPS) is 31.6. The Kier molecular flexibility index (Phi) is 4.14. The van der Waals surface area contributed by atoms with Crippen LogP contribution in [0.5, 0.6) is 0 Å². The molecule has 0 spiro atoms. The molecule has 2 N–H and O–H groups in total. The van der Waals surface area contributed by atoms with Crippen LogP contribution in [0, 0.1) is 11.3 Å². The Bertz CT molecular complexity index is 245. The van der Waals surface area contributed by atoms with Gasteiger partial charge >= 0.3 is 0 Å². The van der Waals surface area contributed by atoms with Crippen LogP contribution in [0.2, 0.25) is 0 Å². The zero-order valence-electron chi connectivity index (χ0n) is 10.1. The third kappa shape index (κ3) is 2.92. The molecule has 3 nitrogen and oxygen atoms in total. The molecular weight excluding hydrogens is 220 g/mol. The summed E-state index contributed by atoms with van der Waals surface area (Å²) >= 11 is 2.03. The van der Waals surface area contributed by atoms with E-state index in [1.54, 1.807) is 0 Å². The van der Waals surface area contributed by atoms with Crippen molar-refractivity contribution in [2.24, 2.45) is 11.3 Å². The molecule has 2 fully saturated rings. The van der Waals surface area contributed by atoms with Crippen molar-refractivity contribution in [1.29, 1.82) is 0 Å². The van der Waals surface area contributed by atoms with Crippen molar-refractivity contribution in [3.8, 4) is 0 Å². The SMILES string of the molecule is CC1(C(=O)NCC2CCSCC2)CCNC1. The van der Waals surface area contributed by atoms with Crippen molar-refractivity contribution in [3.63, 3.8) is 0 Å². The van der Waals surface area contributed by atoms with Crippen molar-refractivity contribution in [1.82, 2.24) is 10.6 Å². The summed E-state index contributed by atoms with van der Waals surface area (Å²) < 4.78 is 0. The van der Waals surface area contributed by atoms with Crippen LogP contribution in [0.3, 0.4) is 0 Å². The van der Waals surface area contributed by atoms with Gasteiger partial charge in [-0.1, -0.05) is 0 Å². The van der Waals surface area contributed by atoms with Gasteiger partial charge in [0, 0.05) is 13.1 Å². The average Bonchev–Trinajstić information content (AvgIpc) is 2.76. The van der Waals surface area contributed by atoms with E-state index in [1.807, 2.05) is 11.8 Å². The second-order valence-corrected chi connectivity index (χ2v) is 6.48. The number of nitrogens with one attached hydrogen (secondary N) is 2. The van der Waals surface area contributed by atoms with E-state index in [-0.39, 0.29) is 11.3 Å². The lowest BCUT2D eigenvalue weighted by Gasteiger charge is -2.25. The first-order chi connectivity index (χ1) is 7.71. The first-order valence-corrected chi connectivity index (χ1v) is 7.43. The van der Waals surface area contributed by atoms with Crippen molar-refractivity contribution in [2.45, 2.75) is 26.2 Å². The number of hydrogen-bond donors (Lipinski definition) is 2. The molecule has 2 saturated heterocycles. The van der Waals surface area contributed by atoms with Crippen molar-refractivity contribution in [3.05, 3.63) is 0 Å². The summed E-state index contributed by atoms with van der Waals surface area (Å²) in [5.41, 5.74) is -0.163. The smallest absolute Gasteiger partial charge is 0.227 e. The van der Waals surface area contributed by atoms with Crippen LogP contribution < -0.4 is 10.6 Å². The fraction of sp³-hybridized carbons (Fsp3) is 0.917. The van der Waals surface area contributed by atoms with Crippen molar-refractivity contribution >= 4 is 17.7 Å². The summed E-state index contributed by atoms with van der Waals surface area (Å²) in [6.07, 6.45) is 3.50. The topological polar surface area (TPSA) is 41.1 Å². The highest BCUT2D eigenvalue weighted by atomic mass is 32.2. The highest BCUT2D eigenvalue weighted by Crippen LogP contribution is 2.25. The lowest BCUT2D eigenvalue weighted by molar-refractivity contribution is -0.129. The molecule has 2 aliphatic heterocycles. The van der Waals surface area contributed by atoms with Gasteiger partial charge in [0.1, 0.15) is 0 Å². The van der Waals surface area contributed by atoms with Gasteiger partial charge in [-0.25, -0.2) is 0 Å². The van der Waals surface area contributed by atoms with E-state index in [0.29, 0.717) is 5.92 Å². The van der Waals surface area contributed by atoms with E-state index in [1.165, 1.54) is 24.3 Å². The van der Waals surface area contributed by atoms with E-state index in [4.69, 9.17) is 0 Å². The zero-order valence-corrected chi connectivity index (χ0v) is 10.9. The molecule has 0 radical (unpaired) electrons. The fourth-order valence-electron chi connectivity index (χ4n) is 2.41. The second-order valence-electron chi connectivity index (χ2n) is 5.25. The van der Waals surface area contributed by atoms with Gasteiger partial charge in [-0.15, -0.1) is 0 Å². The molecule has 2 aliphatic rings. The van der Waals surface area contributed by atoms with Gasteiger partial charge in [0.05, 0.1) is 5.41 Å². The van der Waals surface area contributed by atoms with Crippen LogP contribution >= 0.6 is 11.8 Å². The van der Waals surface area contributed by atoms with Crippen molar-refractivity contribution in [2.75, 3.05) is 31.1 Å². The highest BCUT2D eigenvalue weighted by Gasteiger charge is 2.36. The molecule has 0 aromatic rings. The van der Waals surface area contributed by atoms with E-state index in [9.17, 15) is 4.79 Å². The van der Waals surface area contributed by atoms with Crippen LogP contribution in [0.4, 0.5) is 0 Å². The van der Waals surface area contributed by atoms with E-state index >= 15 is 0 Å². The number of carbonyl (C=O) groups is 1. The number of amides is 1. The molecule has 0 saturated carbocycles. The Labute approximate surface area is 102 Å². The largest absolute Gasteiger partial charge is 0.355 e. The molecule has 92 valence electrons. The third-order valence-corrected chi connectivity index (χ3v) is 4.86. The maximum atomic E-state index is 12.1. The second kappa shape index (κ2) is 5.41. The monoisotopic (exact) mass is 242 g/mol. The van der Waals surface area contributed by atoms with Crippen LogP contribution in [0.15, 0.2) is 0 Å². The molecule has 16 heavy (non-hydrogen) atoms. The Hall–Kier alpha value is -0.220. The van der Waals surface area contributed by atoms with Crippen LogP contribution in [-0.4, -0.2) is 37.0 Å². The summed E-state index contributed by atoms with van der Waals surface area (Å²) in [5, 5.41) is 6.41. The molecular formula is C12H22N2OS. The standard InChI is InChI=1S/C12H22N2OS/c1-12(4-5-13-9-12)11(15)14-8-10-2-6-16-7-3-10/h10,13H,2-9H2,1H3,(H,14,15). The molecule has 0 aromatic heterocycles. The quantitative estimate of drug-likeness (QED) is 0.782. The summed E-state index contributed by atoms with van der Waals surface area (Å²) in [7, 11) is 0. The summed E-state index contributed by atoms with van der Waals surface area (Å²) in [6, 6.07) is 0. The molecule has 0 bridgehead atoms. The third-order valence-electron chi connectivity index (χ3n) is 3.81. The van der Waals surface area contributed by atoms with E-state index in [0.717, 1.165) is 26.1 Å². The first kappa shape index (κ1) is 12.2. The van der Waals surface area contributed by atoms with E-state index < -0.39 is 0 Å². The predicted octanol–water partition coefficient (Wildman–Crippen LogP) is 1.25. The minimum absolute atomic E-state index is 0.163. The maximum Gasteiger partial charge on any atom is 0.227 e. The van der Waals surface area contributed by atoms with Crippen LogP contribution in [0.25, 0.3) is 0 Å². The lowest BCUT2D eigenvalue weighted by Crippen LogP contribution is -2.42. The molecule has 0 aliphatic carbocycles. The molecule has 1 unspecified atom stereocenters. The lowest BCUT2D eigenvalue weighted by atomic mass is 9.88. The molecule has 2 heterocycles. The van der Waals surface area contributed by atoms with Crippen LogP contribution in [0.1, 0.15) is 26.2 Å². The van der Waals surface area contributed by atoms with Gasteiger partial charge in [0.2, 0.25) is 5.91 Å². The Morgan fingerprint density at radius 2 is 2.25 bits per heavy atom. The highest BCUT2D eigenvalue weighted by molar-refractivity contribution is 7.99. The van der Waals surface area contributed by atoms with Gasteiger partial charge in [-0.3, -0.25) is 4.79 Å². The van der Waals surface area contributed by atoms with Crippen molar-refractivity contribution < 1.29 is 4.79 Å². The summed E-state index contributed by atoms with van der Waals surface area (Å²) in [6.45, 7) is 4.76. The minimum Gasteiger partial charge on any atom is -0.355 e. The predicted molar refractivity (Wildman–Crippen MR) is 68.7 cm³/mol. The van der Waals surface area contributed by atoms with Gasteiger partial charge in [0.25, 0.3) is 0 Å². The molecule has 1 amide bonds. The summed E-state index contributed by atoms with van der Waals surface area (Å²) in [4.78, 5) is 12.1. The molecule has 0 aromatic carbocycles. The van der Waals surface area contributed by atoms with Gasteiger partial charge in [-0.2, -0.15) is 11.8 Å². The van der Waals surface area contributed by atoms with E-state index in [2.05, 4.69) is 17.6 Å². The molecule has 2 rings (SSSR count). The van der Waals surface area contributed by atoms with Crippen LogP contribution in [-0.2, 0) is 4.79 Å². The number of thioether (sulfide) groups is 1. The van der Waals surface area contributed by atoms with Gasteiger partial charge in [0.15, 0.2) is 0 Å². The Morgan fingerprint density at radius 3 is 2.88 bits per heavy atom. The Morgan fingerprint density at radius 1 is 1.50 bits per heavy atom.